The van der Waals surface area contributed by atoms with Crippen LogP contribution in [0.2, 0.25) is 0 Å². The highest BCUT2D eigenvalue weighted by Gasteiger charge is 2.19. The molecule has 180 valence electrons. The van der Waals surface area contributed by atoms with Gasteiger partial charge >= 0.3 is 0 Å². The van der Waals surface area contributed by atoms with Crippen LogP contribution < -0.4 is 14.2 Å². The third-order valence-corrected chi connectivity index (χ3v) is 5.79. The van der Waals surface area contributed by atoms with E-state index in [0.717, 1.165) is 61.5 Å². The highest BCUT2D eigenvalue weighted by atomic mass is 16.5. The molecule has 0 spiro atoms. The molecule has 3 heterocycles. The standard InChI is InChI=1S/C26H32N4O4/c1-5-6-19-15-23(18(2)29-26(19)27-3)34-22-7-8-28-21-17-25(24(31-4)16-20(21)22)33-14-11-30-9-12-32-13-10-30/h6-8,15-17H,5,9-14H2,1-4H3/b19-6-,27-26?. The van der Waals surface area contributed by atoms with Crippen molar-refractivity contribution in [3.63, 3.8) is 0 Å². The van der Waals surface area contributed by atoms with Gasteiger partial charge in [-0.3, -0.25) is 14.9 Å². The molecule has 34 heavy (non-hydrogen) atoms. The number of allylic oxidation sites excluding steroid dienone is 2. The van der Waals surface area contributed by atoms with Crippen molar-refractivity contribution in [1.82, 2.24) is 9.88 Å². The normalized spacial score (nSPS) is 19.3. The molecule has 2 aromatic rings. The minimum absolute atomic E-state index is 0.564. The second kappa shape index (κ2) is 11.3. The van der Waals surface area contributed by atoms with E-state index in [2.05, 4.69) is 32.9 Å². The van der Waals surface area contributed by atoms with E-state index in [9.17, 15) is 0 Å². The van der Waals surface area contributed by atoms with Gasteiger partial charge in [0.05, 0.1) is 31.6 Å². The predicted molar refractivity (Wildman–Crippen MR) is 135 cm³/mol. The van der Waals surface area contributed by atoms with Gasteiger partial charge in [0, 0.05) is 49.9 Å². The minimum Gasteiger partial charge on any atom is -0.493 e. The Bertz CT molecular complexity index is 1150. The zero-order valence-electron chi connectivity index (χ0n) is 20.3. The summed E-state index contributed by atoms with van der Waals surface area (Å²) in [5.74, 6) is 3.38. The topological polar surface area (TPSA) is 77.8 Å². The number of hydrogen-bond donors (Lipinski definition) is 0. The van der Waals surface area contributed by atoms with Gasteiger partial charge in [0.2, 0.25) is 0 Å². The Morgan fingerprint density at radius 2 is 2.00 bits per heavy atom. The van der Waals surface area contributed by atoms with E-state index >= 15 is 0 Å². The number of aliphatic imine (C=N–C) groups is 2. The van der Waals surface area contributed by atoms with Crippen molar-refractivity contribution < 1.29 is 18.9 Å². The molecule has 0 unspecified atom stereocenters. The van der Waals surface area contributed by atoms with E-state index in [0.29, 0.717) is 35.5 Å². The van der Waals surface area contributed by atoms with E-state index in [1.54, 1.807) is 20.4 Å². The zero-order chi connectivity index (χ0) is 23.9. The van der Waals surface area contributed by atoms with Crippen LogP contribution in [0.15, 0.2) is 57.9 Å². The summed E-state index contributed by atoms with van der Waals surface area (Å²) >= 11 is 0. The number of methoxy groups -OCH3 is 1. The number of pyridine rings is 1. The van der Waals surface area contributed by atoms with Crippen molar-refractivity contribution in [2.24, 2.45) is 9.98 Å². The van der Waals surface area contributed by atoms with E-state index < -0.39 is 0 Å². The quantitative estimate of drug-likeness (QED) is 0.586. The number of dihydropyridines is 1. The van der Waals surface area contributed by atoms with Gasteiger partial charge < -0.3 is 18.9 Å². The lowest BCUT2D eigenvalue weighted by Gasteiger charge is -2.26. The van der Waals surface area contributed by atoms with Crippen LogP contribution in [0, 0.1) is 0 Å². The Labute approximate surface area is 200 Å². The van der Waals surface area contributed by atoms with Gasteiger partial charge in [0.25, 0.3) is 0 Å². The lowest BCUT2D eigenvalue weighted by Crippen LogP contribution is -2.38. The van der Waals surface area contributed by atoms with Crippen molar-refractivity contribution in [3.8, 4) is 17.2 Å². The summed E-state index contributed by atoms with van der Waals surface area (Å²) in [6.45, 7) is 8.82. The van der Waals surface area contributed by atoms with E-state index in [1.807, 2.05) is 31.2 Å². The molecule has 2 aliphatic rings. The fourth-order valence-electron chi connectivity index (χ4n) is 3.96. The second-order valence-corrected chi connectivity index (χ2v) is 8.05. The van der Waals surface area contributed by atoms with Gasteiger partial charge in [-0.1, -0.05) is 13.0 Å². The maximum Gasteiger partial charge on any atom is 0.163 e. The molecule has 8 nitrogen and oxygen atoms in total. The van der Waals surface area contributed by atoms with Gasteiger partial charge in [-0.05, 0) is 31.6 Å². The lowest BCUT2D eigenvalue weighted by molar-refractivity contribution is 0.0321. The van der Waals surface area contributed by atoms with Gasteiger partial charge in [0.1, 0.15) is 18.1 Å². The molecule has 1 aromatic carbocycles. The first-order valence-corrected chi connectivity index (χ1v) is 11.6. The first-order valence-electron chi connectivity index (χ1n) is 11.6. The third-order valence-electron chi connectivity index (χ3n) is 5.79. The summed E-state index contributed by atoms with van der Waals surface area (Å²) in [5.41, 5.74) is 2.50. The van der Waals surface area contributed by atoms with Crippen LogP contribution in [0.5, 0.6) is 17.2 Å². The number of morpholine rings is 1. The van der Waals surface area contributed by atoms with Crippen molar-refractivity contribution >= 4 is 22.5 Å². The molecule has 8 heteroatoms. The van der Waals surface area contributed by atoms with Crippen LogP contribution in [-0.4, -0.2) is 75.0 Å². The number of aromatic nitrogens is 1. The summed E-state index contributed by atoms with van der Waals surface area (Å²) in [6, 6.07) is 5.67. The fourth-order valence-corrected chi connectivity index (χ4v) is 3.96. The number of fused-ring (bicyclic) bond motifs is 1. The fraction of sp³-hybridized carbons (Fsp3) is 0.423. The van der Waals surface area contributed by atoms with Crippen molar-refractivity contribution in [3.05, 3.63) is 47.9 Å². The molecule has 1 aromatic heterocycles. The smallest absolute Gasteiger partial charge is 0.163 e. The molecule has 0 amide bonds. The van der Waals surface area contributed by atoms with Crippen LogP contribution in [0.4, 0.5) is 0 Å². The average molecular weight is 465 g/mol. The number of rotatable bonds is 8. The molecule has 0 bridgehead atoms. The second-order valence-electron chi connectivity index (χ2n) is 8.05. The van der Waals surface area contributed by atoms with E-state index in [4.69, 9.17) is 18.9 Å². The third kappa shape index (κ3) is 5.46. The average Bonchev–Trinajstić information content (AvgIpc) is 2.86. The molecular formula is C26H32N4O4. The highest BCUT2D eigenvalue weighted by molar-refractivity contribution is 6.15. The number of nitrogens with zero attached hydrogens (tertiary/aromatic N) is 4. The van der Waals surface area contributed by atoms with Gasteiger partial charge in [-0.15, -0.1) is 0 Å². The highest BCUT2D eigenvalue weighted by Crippen LogP contribution is 2.36. The van der Waals surface area contributed by atoms with Crippen LogP contribution in [-0.2, 0) is 4.74 Å². The summed E-state index contributed by atoms with van der Waals surface area (Å²) in [6.07, 6.45) is 6.70. The summed E-state index contributed by atoms with van der Waals surface area (Å²) < 4.78 is 23.4. The Morgan fingerprint density at radius 3 is 2.74 bits per heavy atom. The lowest BCUT2D eigenvalue weighted by atomic mass is 10.1. The van der Waals surface area contributed by atoms with Crippen LogP contribution in [0.3, 0.4) is 0 Å². The molecule has 2 aliphatic heterocycles. The van der Waals surface area contributed by atoms with Gasteiger partial charge in [-0.25, -0.2) is 4.99 Å². The summed E-state index contributed by atoms with van der Waals surface area (Å²) in [5, 5.41) is 0.838. The Morgan fingerprint density at radius 1 is 1.18 bits per heavy atom. The van der Waals surface area contributed by atoms with Crippen molar-refractivity contribution in [2.75, 3.05) is 53.6 Å². The Kier molecular flexibility index (Phi) is 7.92. The number of hydrogen-bond acceptors (Lipinski definition) is 7. The van der Waals surface area contributed by atoms with E-state index in [1.165, 1.54) is 0 Å². The zero-order valence-corrected chi connectivity index (χ0v) is 20.3. The minimum atomic E-state index is 0.564. The maximum atomic E-state index is 6.33. The largest absolute Gasteiger partial charge is 0.493 e. The summed E-state index contributed by atoms with van der Waals surface area (Å²) in [7, 11) is 3.39. The van der Waals surface area contributed by atoms with Gasteiger partial charge in [-0.2, -0.15) is 0 Å². The molecular weight excluding hydrogens is 432 g/mol. The SMILES string of the molecule is CC/C=C1/C=C(Oc2ccnc3cc(OCCN4CCOCC4)c(OC)cc23)C(C)=NC1=NC. The molecule has 0 radical (unpaired) electrons. The molecule has 0 aliphatic carbocycles. The first kappa shape index (κ1) is 23.9. The molecule has 1 saturated heterocycles. The molecule has 0 N–H and O–H groups in total. The molecule has 0 atom stereocenters. The predicted octanol–water partition coefficient (Wildman–Crippen LogP) is 4.06. The maximum absolute atomic E-state index is 6.33. The molecule has 1 fully saturated rings. The Hall–Kier alpha value is -3.23. The van der Waals surface area contributed by atoms with Gasteiger partial charge in [0.15, 0.2) is 17.3 Å². The van der Waals surface area contributed by atoms with E-state index in [-0.39, 0.29) is 0 Å². The van der Waals surface area contributed by atoms with Crippen molar-refractivity contribution in [1.29, 1.82) is 0 Å². The first-order chi connectivity index (χ1) is 16.6. The number of benzene rings is 1. The Balaban J connectivity index is 1.57. The number of amidine groups is 1. The molecule has 4 rings (SSSR count). The van der Waals surface area contributed by atoms with Crippen LogP contribution >= 0.6 is 0 Å². The molecule has 0 saturated carbocycles. The van der Waals surface area contributed by atoms with Crippen LogP contribution in [0.25, 0.3) is 10.9 Å². The van der Waals surface area contributed by atoms with Crippen molar-refractivity contribution in [2.45, 2.75) is 20.3 Å². The monoisotopic (exact) mass is 464 g/mol. The van der Waals surface area contributed by atoms with Crippen LogP contribution in [0.1, 0.15) is 20.3 Å². The number of ether oxygens (including phenoxy) is 4. The summed E-state index contributed by atoms with van der Waals surface area (Å²) in [4.78, 5) is 15.8.